The average molecular weight is 299 g/mol. The molecule has 1 aliphatic heterocycles. The van der Waals surface area contributed by atoms with Crippen molar-refractivity contribution in [1.82, 2.24) is 10.6 Å². The highest BCUT2D eigenvalue weighted by molar-refractivity contribution is 7.80. The van der Waals surface area contributed by atoms with Crippen molar-refractivity contribution in [3.8, 4) is 11.5 Å². The standard InChI is InChI=1S/C12H11ClN2O3S/c1-2-18-9-5-6(3-7(13)10(9)16)4-8-11(17)15-12(19)14-8/h3-5,16H,2H2,1H3,(H2,14,15,17,19). The van der Waals surface area contributed by atoms with Gasteiger partial charge in [-0.15, -0.1) is 0 Å². The molecule has 0 atom stereocenters. The number of aromatic hydroxyl groups is 1. The molecule has 7 heteroatoms. The smallest absolute Gasteiger partial charge is 0.273 e. The highest BCUT2D eigenvalue weighted by Crippen LogP contribution is 2.35. The lowest BCUT2D eigenvalue weighted by Crippen LogP contribution is -2.21. The summed E-state index contributed by atoms with van der Waals surface area (Å²) >= 11 is 10.7. The van der Waals surface area contributed by atoms with Crippen LogP contribution >= 0.6 is 23.8 Å². The quantitative estimate of drug-likeness (QED) is 0.586. The maximum atomic E-state index is 11.5. The first-order valence-electron chi connectivity index (χ1n) is 5.50. The fourth-order valence-corrected chi connectivity index (χ4v) is 2.01. The van der Waals surface area contributed by atoms with E-state index in [4.69, 9.17) is 28.6 Å². The second kappa shape index (κ2) is 5.46. The molecule has 0 aromatic heterocycles. The summed E-state index contributed by atoms with van der Waals surface area (Å²) in [6.45, 7) is 2.19. The Morgan fingerprint density at radius 1 is 1.47 bits per heavy atom. The summed E-state index contributed by atoms with van der Waals surface area (Å²) in [6.07, 6.45) is 1.57. The molecule has 0 aliphatic carbocycles. The van der Waals surface area contributed by atoms with Crippen LogP contribution in [0.5, 0.6) is 11.5 Å². The van der Waals surface area contributed by atoms with Gasteiger partial charge in [0.25, 0.3) is 5.91 Å². The number of carbonyl (C=O) groups is 1. The maximum Gasteiger partial charge on any atom is 0.273 e. The number of phenolic OH excluding ortho intramolecular Hbond substituents is 1. The van der Waals surface area contributed by atoms with Gasteiger partial charge >= 0.3 is 0 Å². The van der Waals surface area contributed by atoms with E-state index in [-0.39, 0.29) is 27.5 Å². The number of ether oxygens (including phenoxy) is 1. The minimum atomic E-state index is -0.313. The number of hydrogen-bond acceptors (Lipinski definition) is 4. The van der Waals surface area contributed by atoms with E-state index in [9.17, 15) is 9.90 Å². The van der Waals surface area contributed by atoms with E-state index in [2.05, 4.69) is 10.6 Å². The van der Waals surface area contributed by atoms with Gasteiger partial charge in [0.2, 0.25) is 0 Å². The average Bonchev–Trinajstić information content (AvgIpc) is 2.64. The molecule has 1 heterocycles. The number of thiocarbonyl (C=S) groups is 1. The lowest BCUT2D eigenvalue weighted by Gasteiger charge is -2.08. The van der Waals surface area contributed by atoms with Crippen LogP contribution in [0.25, 0.3) is 6.08 Å². The van der Waals surface area contributed by atoms with E-state index in [1.54, 1.807) is 19.1 Å². The van der Waals surface area contributed by atoms with Crippen LogP contribution < -0.4 is 15.4 Å². The normalized spacial score (nSPS) is 16.4. The van der Waals surface area contributed by atoms with Crippen LogP contribution in [0.15, 0.2) is 17.8 Å². The molecular formula is C12H11ClN2O3S. The second-order valence-corrected chi connectivity index (χ2v) is 4.56. The number of amides is 1. The van der Waals surface area contributed by atoms with Crippen LogP contribution in [-0.4, -0.2) is 22.7 Å². The predicted octanol–water partition coefficient (Wildman–Crippen LogP) is 1.79. The Balaban J connectivity index is 2.38. The van der Waals surface area contributed by atoms with Crippen LogP contribution in [0, 0.1) is 0 Å². The van der Waals surface area contributed by atoms with Gasteiger partial charge in [0, 0.05) is 0 Å². The van der Waals surface area contributed by atoms with Crippen LogP contribution in [0.4, 0.5) is 0 Å². The minimum absolute atomic E-state index is 0.120. The van der Waals surface area contributed by atoms with Gasteiger partial charge in [-0.2, -0.15) is 0 Å². The molecule has 1 aliphatic rings. The highest BCUT2D eigenvalue weighted by Gasteiger charge is 2.20. The van der Waals surface area contributed by atoms with Gasteiger partial charge in [-0.25, -0.2) is 0 Å². The van der Waals surface area contributed by atoms with Crippen LogP contribution in [0.2, 0.25) is 5.02 Å². The van der Waals surface area contributed by atoms with E-state index in [0.29, 0.717) is 17.9 Å². The summed E-state index contributed by atoms with van der Waals surface area (Å²) in [6, 6.07) is 3.12. The van der Waals surface area contributed by atoms with E-state index >= 15 is 0 Å². The third-order valence-corrected chi connectivity index (χ3v) is 2.87. The molecule has 0 radical (unpaired) electrons. The summed E-state index contributed by atoms with van der Waals surface area (Å²) in [5, 5.41) is 15.3. The van der Waals surface area contributed by atoms with Crippen LogP contribution in [0.3, 0.4) is 0 Å². The Kier molecular flexibility index (Phi) is 3.92. The van der Waals surface area contributed by atoms with E-state index in [1.165, 1.54) is 6.07 Å². The Morgan fingerprint density at radius 2 is 2.21 bits per heavy atom. The molecule has 1 aromatic carbocycles. The molecule has 19 heavy (non-hydrogen) atoms. The van der Waals surface area contributed by atoms with Crippen molar-refractivity contribution in [1.29, 1.82) is 0 Å². The molecule has 5 nitrogen and oxygen atoms in total. The van der Waals surface area contributed by atoms with Gasteiger partial charge in [0.05, 0.1) is 11.6 Å². The molecule has 0 bridgehead atoms. The van der Waals surface area contributed by atoms with Crippen molar-refractivity contribution >= 4 is 40.9 Å². The number of benzene rings is 1. The van der Waals surface area contributed by atoms with E-state index in [1.807, 2.05) is 0 Å². The Bertz CT molecular complexity index is 587. The van der Waals surface area contributed by atoms with Crippen molar-refractivity contribution in [2.24, 2.45) is 0 Å². The van der Waals surface area contributed by atoms with Gasteiger partial charge in [0.1, 0.15) is 5.70 Å². The topological polar surface area (TPSA) is 70.6 Å². The number of nitrogens with one attached hydrogen (secondary N) is 2. The van der Waals surface area contributed by atoms with E-state index in [0.717, 1.165) is 0 Å². The van der Waals surface area contributed by atoms with Gasteiger partial charge in [0.15, 0.2) is 16.6 Å². The Morgan fingerprint density at radius 3 is 2.79 bits per heavy atom. The summed E-state index contributed by atoms with van der Waals surface area (Å²) < 4.78 is 5.26. The van der Waals surface area contributed by atoms with Crippen molar-refractivity contribution in [3.63, 3.8) is 0 Å². The third-order valence-electron chi connectivity index (χ3n) is 2.38. The summed E-state index contributed by atoms with van der Waals surface area (Å²) in [4.78, 5) is 11.5. The van der Waals surface area contributed by atoms with Crippen molar-refractivity contribution < 1.29 is 14.6 Å². The maximum absolute atomic E-state index is 11.5. The van der Waals surface area contributed by atoms with Crippen molar-refractivity contribution in [2.45, 2.75) is 6.92 Å². The SMILES string of the molecule is CCOc1cc(C=C2NC(=S)NC2=O)cc(Cl)c1O. The van der Waals surface area contributed by atoms with Gasteiger partial charge in [-0.1, -0.05) is 11.6 Å². The fraction of sp³-hybridized carbons (Fsp3) is 0.167. The number of halogens is 1. The van der Waals surface area contributed by atoms with Crippen LogP contribution in [0.1, 0.15) is 12.5 Å². The van der Waals surface area contributed by atoms with E-state index < -0.39 is 0 Å². The van der Waals surface area contributed by atoms with Gasteiger partial charge in [-0.05, 0) is 42.9 Å². The highest BCUT2D eigenvalue weighted by atomic mass is 35.5. The monoisotopic (exact) mass is 298 g/mol. The number of phenols is 1. The molecule has 1 aromatic rings. The van der Waals surface area contributed by atoms with Crippen molar-refractivity contribution in [3.05, 3.63) is 28.4 Å². The Labute approximate surface area is 120 Å². The van der Waals surface area contributed by atoms with Gasteiger partial charge < -0.3 is 15.2 Å². The number of carbonyl (C=O) groups excluding carboxylic acids is 1. The number of rotatable bonds is 3. The minimum Gasteiger partial charge on any atom is -0.503 e. The van der Waals surface area contributed by atoms with Gasteiger partial charge in [-0.3, -0.25) is 10.1 Å². The molecule has 0 saturated carbocycles. The molecule has 1 fully saturated rings. The molecule has 0 unspecified atom stereocenters. The molecular weight excluding hydrogens is 288 g/mol. The molecule has 100 valence electrons. The largest absolute Gasteiger partial charge is 0.503 e. The first-order valence-corrected chi connectivity index (χ1v) is 6.29. The predicted molar refractivity (Wildman–Crippen MR) is 76.1 cm³/mol. The lowest BCUT2D eigenvalue weighted by molar-refractivity contribution is -0.115. The zero-order chi connectivity index (χ0) is 14.0. The summed E-state index contributed by atoms with van der Waals surface area (Å²) in [7, 11) is 0. The number of hydrogen-bond donors (Lipinski definition) is 3. The lowest BCUT2D eigenvalue weighted by atomic mass is 10.1. The fourth-order valence-electron chi connectivity index (χ4n) is 1.59. The molecule has 0 spiro atoms. The zero-order valence-corrected chi connectivity index (χ0v) is 11.6. The first kappa shape index (κ1) is 13.6. The Hall–Kier alpha value is -1.79. The second-order valence-electron chi connectivity index (χ2n) is 3.75. The molecule has 1 amide bonds. The molecule has 1 saturated heterocycles. The first-order chi connectivity index (χ1) is 9.01. The summed E-state index contributed by atoms with van der Waals surface area (Å²) in [5.41, 5.74) is 0.933. The molecule has 2 rings (SSSR count). The zero-order valence-electron chi connectivity index (χ0n) is 9.99. The van der Waals surface area contributed by atoms with Crippen molar-refractivity contribution in [2.75, 3.05) is 6.61 Å². The third kappa shape index (κ3) is 2.97. The summed E-state index contributed by atoms with van der Waals surface area (Å²) in [5.74, 6) is -0.167. The van der Waals surface area contributed by atoms with Crippen LogP contribution in [-0.2, 0) is 4.79 Å². The molecule has 3 N–H and O–H groups in total.